The first-order chi connectivity index (χ1) is 8.56. The molecular weight excluding hydrogens is 222 g/mol. The highest BCUT2D eigenvalue weighted by Crippen LogP contribution is 2.45. The van der Waals surface area contributed by atoms with Gasteiger partial charge in [-0.1, -0.05) is 38.1 Å². The molecular formula is C16H25NO. The topological polar surface area (TPSA) is 32.3 Å². The molecule has 2 heteroatoms. The molecule has 2 rings (SSSR count). The van der Waals surface area contributed by atoms with Crippen LogP contribution < -0.4 is 5.32 Å². The van der Waals surface area contributed by atoms with Gasteiger partial charge in [0.2, 0.25) is 0 Å². The average Bonchev–Trinajstić information content (AvgIpc) is 3.13. The molecule has 0 amide bonds. The van der Waals surface area contributed by atoms with Gasteiger partial charge in [-0.25, -0.2) is 0 Å². The third-order valence-electron chi connectivity index (χ3n) is 3.80. The molecule has 1 aliphatic rings. The molecule has 1 aromatic rings. The number of rotatable bonds is 6. The van der Waals surface area contributed by atoms with E-state index in [-0.39, 0.29) is 0 Å². The molecule has 0 radical (unpaired) electrons. The molecule has 2 nitrogen and oxygen atoms in total. The number of likely N-dealkylation sites (N-methyl/N-ethyl adjacent to an activating group) is 1. The van der Waals surface area contributed by atoms with Gasteiger partial charge in [0.25, 0.3) is 0 Å². The van der Waals surface area contributed by atoms with Crippen LogP contribution in [0.1, 0.15) is 37.8 Å². The van der Waals surface area contributed by atoms with Crippen LogP contribution >= 0.6 is 0 Å². The van der Waals surface area contributed by atoms with Crippen LogP contribution in [-0.4, -0.2) is 18.7 Å². The lowest BCUT2D eigenvalue weighted by atomic mass is 9.87. The summed E-state index contributed by atoms with van der Waals surface area (Å²) in [5, 5.41) is 14.0. The van der Waals surface area contributed by atoms with Crippen molar-refractivity contribution in [2.75, 3.05) is 13.6 Å². The van der Waals surface area contributed by atoms with Gasteiger partial charge in [0, 0.05) is 6.54 Å². The lowest BCUT2D eigenvalue weighted by Gasteiger charge is -2.29. The molecule has 1 aromatic carbocycles. The summed E-state index contributed by atoms with van der Waals surface area (Å²) < 4.78 is 0. The molecule has 1 fully saturated rings. The zero-order valence-electron chi connectivity index (χ0n) is 11.7. The van der Waals surface area contributed by atoms with Gasteiger partial charge in [0.15, 0.2) is 0 Å². The first kappa shape index (κ1) is 13.6. The fraction of sp³-hybridized carbons (Fsp3) is 0.625. The zero-order valence-corrected chi connectivity index (χ0v) is 11.7. The Morgan fingerprint density at radius 3 is 2.33 bits per heavy atom. The van der Waals surface area contributed by atoms with E-state index >= 15 is 0 Å². The number of benzene rings is 1. The zero-order chi connectivity index (χ0) is 13.2. The molecule has 1 saturated carbocycles. The van der Waals surface area contributed by atoms with Gasteiger partial charge < -0.3 is 10.4 Å². The van der Waals surface area contributed by atoms with Crippen LogP contribution in [0.15, 0.2) is 24.3 Å². The molecule has 2 N–H and O–H groups in total. The minimum atomic E-state index is -0.675. The number of hydrogen-bond donors (Lipinski definition) is 2. The van der Waals surface area contributed by atoms with Gasteiger partial charge in [0.05, 0.1) is 0 Å². The first-order valence-corrected chi connectivity index (χ1v) is 7.02. The van der Waals surface area contributed by atoms with Crippen LogP contribution in [0.25, 0.3) is 0 Å². The molecule has 100 valence electrons. The maximum atomic E-state index is 10.8. The van der Waals surface area contributed by atoms with Crippen molar-refractivity contribution in [3.63, 3.8) is 0 Å². The van der Waals surface area contributed by atoms with Crippen molar-refractivity contribution in [2.45, 2.75) is 38.7 Å². The van der Waals surface area contributed by atoms with Crippen molar-refractivity contribution < 1.29 is 5.11 Å². The summed E-state index contributed by atoms with van der Waals surface area (Å²) in [7, 11) is 1.90. The van der Waals surface area contributed by atoms with Gasteiger partial charge >= 0.3 is 0 Å². The van der Waals surface area contributed by atoms with E-state index in [0.717, 1.165) is 24.8 Å². The molecule has 1 atom stereocenters. The summed E-state index contributed by atoms with van der Waals surface area (Å²) in [6.45, 7) is 5.10. The van der Waals surface area contributed by atoms with Crippen LogP contribution in [0.3, 0.4) is 0 Å². The summed E-state index contributed by atoms with van der Waals surface area (Å²) in [5.74, 6) is 1.11. The van der Waals surface area contributed by atoms with E-state index < -0.39 is 5.60 Å². The van der Waals surface area contributed by atoms with Crippen LogP contribution in [0.5, 0.6) is 0 Å². The second-order valence-corrected chi connectivity index (χ2v) is 6.02. The average molecular weight is 247 g/mol. The maximum Gasteiger partial charge on any atom is 0.105 e. The Balaban J connectivity index is 2.16. The molecule has 0 saturated heterocycles. The van der Waals surface area contributed by atoms with E-state index in [4.69, 9.17) is 0 Å². The van der Waals surface area contributed by atoms with Crippen molar-refractivity contribution in [3.05, 3.63) is 35.4 Å². The Morgan fingerprint density at radius 1 is 1.28 bits per heavy atom. The van der Waals surface area contributed by atoms with E-state index in [9.17, 15) is 5.11 Å². The van der Waals surface area contributed by atoms with Crippen LogP contribution in [-0.2, 0) is 12.0 Å². The minimum Gasteiger partial charge on any atom is -0.384 e. The molecule has 0 bridgehead atoms. The van der Waals surface area contributed by atoms with Crippen molar-refractivity contribution in [1.82, 2.24) is 5.32 Å². The van der Waals surface area contributed by atoms with Crippen LogP contribution in [0.4, 0.5) is 0 Å². The number of aliphatic hydroxyl groups is 1. The standard InChI is InChI=1S/C16H25NO/c1-12(2)10-13-4-6-14(7-5-13)16(18,11-17-3)15-8-9-15/h4-7,12,15,17-18H,8-11H2,1-3H3. The van der Waals surface area contributed by atoms with Crippen molar-refractivity contribution in [3.8, 4) is 0 Å². The van der Waals surface area contributed by atoms with E-state index in [1.807, 2.05) is 7.05 Å². The Hall–Kier alpha value is -0.860. The SMILES string of the molecule is CNCC(O)(c1ccc(CC(C)C)cc1)C1CC1. The Bertz CT molecular complexity index is 381. The Morgan fingerprint density at radius 2 is 1.89 bits per heavy atom. The van der Waals surface area contributed by atoms with Gasteiger partial charge in [0.1, 0.15) is 5.60 Å². The summed E-state index contributed by atoms with van der Waals surface area (Å²) >= 11 is 0. The van der Waals surface area contributed by atoms with Crippen molar-refractivity contribution in [1.29, 1.82) is 0 Å². The predicted octanol–water partition coefficient (Wildman–Crippen LogP) is 2.70. The lowest BCUT2D eigenvalue weighted by Crippen LogP contribution is -2.38. The number of nitrogens with one attached hydrogen (secondary N) is 1. The molecule has 0 aromatic heterocycles. The normalized spacial score (nSPS) is 18.9. The Kier molecular flexibility index (Phi) is 4.08. The van der Waals surface area contributed by atoms with E-state index in [2.05, 4.69) is 43.4 Å². The molecule has 1 unspecified atom stereocenters. The smallest absolute Gasteiger partial charge is 0.105 e. The number of hydrogen-bond acceptors (Lipinski definition) is 2. The largest absolute Gasteiger partial charge is 0.384 e. The second kappa shape index (κ2) is 5.41. The highest BCUT2D eigenvalue weighted by atomic mass is 16.3. The molecule has 18 heavy (non-hydrogen) atoms. The summed E-state index contributed by atoms with van der Waals surface area (Å²) in [4.78, 5) is 0. The quantitative estimate of drug-likeness (QED) is 0.810. The predicted molar refractivity (Wildman–Crippen MR) is 75.5 cm³/mol. The van der Waals surface area contributed by atoms with Gasteiger partial charge in [-0.3, -0.25) is 0 Å². The first-order valence-electron chi connectivity index (χ1n) is 7.02. The minimum absolute atomic E-state index is 0.431. The van der Waals surface area contributed by atoms with Crippen LogP contribution in [0.2, 0.25) is 0 Å². The molecule has 0 spiro atoms. The molecule has 1 aliphatic carbocycles. The summed E-state index contributed by atoms with van der Waals surface area (Å²) in [6.07, 6.45) is 3.39. The Labute approximate surface area is 110 Å². The fourth-order valence-electron chi connectivity index (χ4n) is 2.71. The maximum absolute atomic E-state index is 10.8. The lowest BCUT2D eigenvalue weighted by molar-refractivity contribution is 0.0153. The highest BCUT2D eigenvalue weighted by Gasteiger charge is 2.44. The van der Waals surface area contributed by atoms with E-state index in [1.54, 1.807) is 0 Å². The van der Waals surface area contributed by atoms with Crippen LogP contribution in [0, 0.1) is 11.8 Å². The molecule has 0 heterocycles. The van der Waals surface area contributed by atoms with E-state index in [1.165, 1.54) is 5.56 Å². The van der Waals surface area contributed by atoms with E-state index in [0.29, 0.717) is 18.4 Å². The van der Waals surface area contributed by atoms with Gasteiger partial charge in [-0.05, 0) is 49.3 Å². The highest BCUT2D eigenvalue weighted by molar-refractivity contribution is 5.29. The second-order valence-electron chi connectivity index (χ2n) is 6.02. The van der Waals surface area contributed by atoms with Crippen molar-refractivity contribution >= 4 is 0 Å². The summed E-state index contributed by atoms with van der Waals surface area (Å²) in [6, 6.07) is 8.54. The van der Waals surface area contributed by atoms with Gasteiger partial charge in [-0.2, -0.15) is 0 Å². The van der Waals surface area contributed by atoms with Gasteiger partial charge in [-0.15, -0.1) is 0 Å². The monoisotopic (exact) mass is 247 g/mol. The summed E-state index contributed by atoms with van der Waals surface area (Å²) in [5.41, 5.74) is 1.74. The fourth-order valence-corrected chi connectivity index (χ4v) is 2.71. The molecule has 0 aliphatic heterocycles. The third kappa shape index (κ3) is 2.93. The third-order valence-corrected chi connectivity index (χ3v) is 3.80. The van der Waals surface area contributed by atoms with Crippen molar-refractivity contribution in [2.24, 2.45) is 11.8 Å².